The van der Waals surface area contributed by atoms with Crippen LogP contribution in [0.15, 0.2) is 48.5 Å². The molecule has 7 aromatic rings. The summed E-state index contributed by atoms with van der Waals surface area (Å²) in [5, 5.41) is 4.75. The molecule has 3 aromatic heterocycles. The molecular formula is C75H104N8. The smallest absolute Gasteiger partial charge is 0.165 e. The Morgan fingerprint density at radius 3 is 0.771 bits per heavy atom. The first-order valence-corrected chi connectivity index (χ1v) is 34.3. The maximum absolute atomic E-state index is 5.91. The molecule has 4 aromatic carbocycles. The van der Waals surface area contributed by atoms with E-state index in [2.05, 4.69) is 114 Å². The Labute approximate surface area is 500 Å². The standard InChI is InChI=1S/C75H104N8/c1-9-16-23-24-25-26-27-28-29-36-43-53-45-44-52(8)60-61(53)69-76-68(60)77-70-62-54(37-30-17-10-2)46-47-55(38-31-18-11-3)63(62)72(79-70)81-74-66-58(41-34-21-14-6)50-51-59(42-35-22-15-7)67(66)75(83-74)82-73-65-57(40-33-20-13-5)49-48-56(39-32-19-12-4)64(65)71(78-69)80-73/h44-51H,9-43H2,1-8H3,(H2,76,77,78,79,80,81,82,83). The largest absolute Gasteiger partial charge is 0.324 e. The van der Waals surface area contributed by atoms with Crippen molar-refractivity contribution in [3.05, 3.63) is 93.0 Å². The highest BCUT2D eigenvalue weighted by molar-refractivity contribution is 6.10. The first-order valence-electron chi connectivity index (χ1n) is 34.3. The molecule has 9 rings (SSSR count). The van der Waals surface area contributed by atoms with Crippen LogP contribution in [0.2, 0.25) is 0 Å². The van der Waals surface area contributed by atoms with E-state index in [1.165, 1.54) is 201 Å². The third kappa shape index (κ3) is 14.8. The van der Waals surface area contributed by atoms with Crippen LogP contribution in [0.5, 0.6) is 0 Å². The molecule has 0 spiro atoms. The summed E-state index contributed by atoms with van der Waals surface area (Å²) >= 11 is 0. The average molecular weight is 1120 g/mol. The van der Waals surface area contributed by atoms with E-state index < -0.39 is 0 Å². The normalized spacial score (nSPS) is 12.1. The molecule has 83 heavy (non-hydrogen) atoms. The van der Waals surface area contributed by atoms with Crippen molar-refractivity contribution in [3.8, 4) is 45.6 Å². The molecule has 0 radical (unpaired) electrons. The van der Waals surface area contributed by atoms with Crippen LogP contribution in [0.3, 0.4) is 0 Å². The molecule has 0 saturated carbocycles. The van der Waals surface area contributed by atoms with Gasteiger partial charge in [0.1, 0.15) is 22.6 Å². The third-order valence-corrected chi connectivity index (χ3v) is 18.3. The fraction of sp³-hybridized carbons (Fsp3) is 0.573. The molecule has 0 unspecified atom stereocenters. The number of nitrogens with zero attached hydrogens (tertiary/aromatic N) is 6. The van der Waals surface area contributed by atoms with Crippen LogP contribution < -0.4 is 0 Å². The molecule has 2 aliphatic heterocycles. The van der Waals surface area contributed by atoms with Gasteiger partial charge in [-0.2, -0.15) is 0 Å². The molecule has 8 heteroatoms. The molecule has 0 saturated heterocycles. The van der Waals surface area contributed by atoms with Gasteiger partial charge < -0.3 is 9.97 Å². The number of aryl methyl sites for hydroxylation is 8. The van der Waals surface area contributed by atoms with E-state index in [9.17, 15) is 0 Å². The minimum Gasteiger partial charge on any atom is -0.324 e. The van der Waals surface area contributed by atoms with Gasteiger partial charge in [0.15, 0.2) is 23.3 Å². The van der Waals surface area contributed by atoms with E-state index in [-0.39, 0.29) is 0 Å². The number of unbranched alkanes of at least 4 members (excludes halogenated alkanes) is 21. The number of nitrogens with one attached hydrogen (secondary N) is 2. The second-order valence-corrected chi connectivity index (χ2v) is 25.0. The number of aromatic amines is 2. The highest BCUT2D eigenvalue weighted by Gasteiger charge is 2.29. The van der Waals surface area contributed by atoms with Gasteiger partial charge in [0.05, 0.1) is 0 Å². The number of hydrogen-bond acceptors (Lipinski definition) is 6. The Balaban J connectivity index is 1.40. The van der Waals surface area contributed by atoms with Gasteiger partial charge in [-0.25, -0.2) is 29.9 Å². The maximum Gasteiger partial charge on any atom is 0.165 e. The van der Waals surface area contributed by atoms with Crippen molar-refractivity contribution in [1.82, 2.24) is 39.9 Å². The molecule has 444 valence electrons. The van der Waals surface area contributed by atoms with Gasteiger partial charge in [-0.3, -0.25) is 0 Å². The van der Waals surface area contributed by atoms with Gasteiger partial charge in [-0.05, 0) is 141 Å². The Bertz CT molecular complexity index is 3410. The van der Waals surface area contributed by atoms with Crippen molar-refractivity contribution in [2.45, 2.75) is 280 Å². The zero-order valence-electron chi connectivity index (χ0n) is 53.1. The SMILES string of the molecule is CCCCCCCCCCCCc1ccc(C)c2c1-c1nc-2nc2[nH]c(nc3nc(nc4[nH]c(n1)c1c(CCCCC)ccc(CCCCC)c41)-c1c(CCCCC)ccc(CCCCC)c1-3)c1c(CCCCC)ccc(CCCCC)c21. The van der Waals surface area contributed by atoms with Crippen molar-refractivity contribution in [3.63, 3.8) is 0 Å². The van der Waals surface area contributed by atoms with Gasteiger partial charge in [0, 0.05) is 43.8 Å². The first kappa shape index (κ1) is 61.8. The Kier molecular flexibility index (Phi) is 23.4. The summed E-state index contributed by atoms with van der Waals surface area (Å²) in [7, 11) is 0. The van der Waals surface area contributed by atoms with Gasteiger partial charge in [-0.1, -0.05) is 232 Å². The summed E-state index contributed by atoms with van der Waals surface area (Å²) in [6, 6.07) is 19.2. The maximum atomic E-state index is 5.91. The molecular weight excluding hydrogens is 1010 g/mol. The van der Waals surface area contributed by atoms with Gasteiger partial charge in [0.2, 0.25) is 0 Å². The topological polar surface area (TPSA) is 109 Å². The van der Waals surface area contributed by atoms with E-state index in [1.807, 2.05) is 0 Å². The fourth-order valence-corrected chi connectivity index (χ4v) is 13.6. The molecule has 0 fully saturated rings. The summed E-state index contributed by atoms with van der Waals surface area (Å²) in [6.45, 7) is 18.4. The lowest BCUT2D eigenvalue weighted by atomic mass is 9.91. The quantitative estimate of drug-likeness (QED) is 0.0383. The lowest BCUT2D eigenvalue weighted by molar-refractivity contribution is 0.556. The number of hydrogen-bond donors (Lipinski definition) is 2. The molecule has 0 aliphatic carbocycles. The molecule has 0 amide bonds. The van der Waals surface area contributed by atoms with Gasteiger partial charge >= 0.3 is 0 Å². The highest BCUT2D eigenvalue weighted by Crippen LogP contribution is 2.44. The van der Waals surface area contributed by atoms with Crippen LogP contribution in [0.25, 0.3) is 89.7 Å². The molecule has 5 heterocycles. The van der Waals surface area contributed by atoms with E-state index in [1.54, 1.807) is 0 Å². The Morgan fingerprint density at radius 2 is 0.458 bits per heavy atom. The van der Waals surface area contributed by atoms with Crippen molar-refractivity contribution < 1.29 is 0 Å². The minimum absolute atomic E-state index is 0.733. The summed E-state index contributed by atoms with van der Waals surface area (Å²) in [4.78, 5) is 43.0. The van der Waals surface area contributed by atoms with E-state index in [0.29, 0.717) is 0 Å². The summed E-state index contributed by atoms with van der Waals surface area (Å²) < 4.78 is 0. The number of H-pyrrole nitrogens is 2. The van der Waals surface area contributed by atoms with E-state index in [4.69, 9.17) is 29.9 Å². The Hall–Kier alpha value is -5.76. The van der Waals surface area contributed by atoms with E-state index in [0.717, 1.165) is 158 Å². The summed E-state index contributed by atoms with van der Waals surface area (Å²) in [5.41, 5.74) is 18.4. The van der Waals surface area contributed by atoms with E-state index >= 15 is 0 Å². The Morgan fingerprint density at radius 1 is 0.241 bits per heavy atom. The van der Waals surface area contributed by atoms with Crippen molar-refractivity contribution in [2.75, 3.05) is 0 Å². The molecule has 8 nitrogen and oxygen atoms in total. The second-order valence-electron chi connectivity index (χ2n) is 25.0. The molecule has 2 N–H and O–H groups in total. The molecule has 0 atom stereocenters. The van der Waals surface area contributed by atoms with Gasteiger partial charge in [-0.15, -0.1) is 0 Å². The zero-order chi connectivity index (χ0) is 57.9. The molecule has 2 aliphatic rings. The highest BCUT2D eigenvalue weighted by atomic mass is 15.1. The summed E-state index contributed by atoms with van der Waals surface area (Å²) in [5.74, 6) is 3.01. The third-order valence-electron chi connectivity index (χ3n) is 18.3. The minimum atomic E-state index is 0.733. The van der Waals surface area contributed by atoms with Crippen molar-refractivity contribution >= 4 is 44.1 Å². The van der Waals surface area contributed by atoms with Crippen LogP contribution in [0.1, 0.15) is 273 Å². The van der Waals surface area contributed by atoms with Crippen LogP contribution >= 0.6 is 0 Å². The average Bonchev–Trinajstić information content (AvgIpc) is 4.16. The number of benzene rings is 4. The first-order chi connectivity index (χ1) is 40.8. The number of rotatable bonds is 35. The van der Waals surface area contributed by atoms with Crippen LogP contribution in [0.4, 0.5) is 0 Å². The lowest BCUT2D eigenvalue weighted by Gasteiger charge is -2.13. The number of aromatic nitrogens is 8. The summed E-state index contributed by atoms with van der Waals surface area (Å²) in [6.07, 6.45) is 40.8. The van der Waals surface area contributed by atoms with Crippen LogP contribution in [0, 0.1) is 6.92 Å². The fourth-order valence-electron chi connectivity index (χ4n) is 13.6. The predicted octanol–water partition coefficient (Wildman–Crippen LogP) is 22.0. The van der Waals surface area contributed by atoms with Gasteiger partial charge in [0.25, 0.3) is 0 Å². The number of fused-ring (bicyclic) bond motifs is 20. The van der Waals surface area contributed by atoms with Crippen LogP contribution in [-0.4, -0.2) is 39.9 Å². The monoisotopic (exact) mass is 1120 g/mol. The van der Waals surface area contributed by atoms with Crippen molar-refractivity contribution in [2.24, 2.45) is 0 Å². The zero-order valence-corrected chi connectivity index (χ0v) is 53.1. The second kappa shape index (κ2) is 31.4. The lowest BCUT2D eigenvalue weighted by Crippen LogP contribution is -1.98. The van der Waals surface area contributed by atoms with Crippen LogP contribution in [-0.2, 0) is 44.9 Å². The molecule has 8 bridgehead atoms. The van der Waals surface area contributed by atoms with Crippen molar-refractivity contribution in [1.29, 1.82) is 0 Å². The predicted molar refractivity (Wildman–Crippen MR) is 356 cm³/mol.